The third kappa shape index (κ3) is 4.40. The molecular weight excluding hydrogens is 391 g/mol. The number of carbonyl (C=O) groups excluding carboxylic acids is 1. The number of aromatic nitrogens is 4. The molecule has 0 saturated carbocycles. The maximum Gasteiger partial charge on any atom is 0.366 e. The van der Waals surface area contributed by atoms with Crippen molar-refractivity contribution in [1.29, 1.82) is 0 Å². The van der Waals surface area contributed by atoms with Gasteiger partial charge in [0.05, 0.1) is 10.0 Å². The van der Waals surface area contributed by atoms with Gasteiger partial charge in [-0.05, 0) is 44.9 Å². The molecule has 22 heavy (non-hydrogen) atoms. The highest BCUT2D eigenvalue weighted by Gasteiger charge is 2.08. The summed E-state index contributed by atoms with van der Waals surface area (Å²) >= 11 is 19.0. The second kappa shape index (κ2) is 8.44. The van der Waals surface area contributed by atoms with E-state index in [9.17, 15) is 9.59 Å². The van der Waals surface area contributed by atoms with E-state index in [1.165, 1.54) is 22.7 Å². The van der Waals surface area contributed by atoms with E-state index in [-0.39, 0.29) is 13.1 Å². The first-order valence-electron chi connectivity index (χ1n) is 5.17. The van der Waals surface area contributed by atoms with Crippen LogP contribution in [0.5, 0.6) is 0 Å². The van der Waals surface area contributed by atoms with Crippen molar-refractivity contribution in [2.75, 3.05) is 0 Å². The molecule has 3 rings (SSSR count). The van der Waals surface area contributed by atoms with Crippen LogP contribution >= 0.6 is 57.5 Å². The van der Waals surface area contributed by atoms with E-state index in [2.05, 4.69) is 15.5 Å². The quantitative estimate of drug-likeness (QED) is 0.658. The van der Waals surface area contributed by atoms with E-state index in [4.69, 9.17) is 34.8 Å². The molecule has 3 heterocycles. The molecule has 0 fully saturated rings. The number of hydrogen-bond acceptors (Lipinski definition) is 6. The van der Waals surface area contributed by atoms with Crippen LogP contribution in [0.4, 0.5) is 0 Å². The fraction of sp³-hybridized carbons (Fsp3) is 0.0909. The van der Waals surface area contributed by atoms with Crippen LogP contribution in [-0.4, -0.2) is 25.4 Å². The molecule has 0 bridgehead atoms. The Labute approximate surface area is 148 Å². The number of thiophene rings is 2. The number of nitrogens with zero attached hydrogens (tertiary/aromatic N) is 3. The van der Waals surface area contributed by atoms with Gasteiger partial charge in [-0.15, -0.1) is 27.4 Å². The first-order chi connectivity index (χ1) is 10.0. The molecule has 118 valence electrons. The second-order valence-corrected chi connectivity index (χ2v) is 6.33. The van der Waals surface area contributed by atoms with Crippen LogP contribution in [-0.2, 0) is 0 Å². The largest absolute Gasteiger partial charge is 0.366 e. The van der Waals surface area contributed by atoms with Crippen LogP contribution in [0.2, 0.25) is 10.0 Å². The summed E-state index contributed by atoms with van der Waals surface area (Å²) in [5.74, 6) is 0. The Kier molecular flexibility index (Phi) is 7.24. The Bertz CT molecular complexity index is 808. The summed E-state index contributed by atoms with van der Waals surface area (Å²) in [5, 5.41) is 13.6. The summed E-state index contributed by atoms with van der Waals surface area (Å²) in [6.07, 6.45) is 0. The number of aromatic amines is 1. The minimum atomic E-state index is -0.491. The summed E-state index contributed by atoms with van der Waals surface area (Å²) in [7, 11) is 0. The number of tetrazole rings is 1. The van der Waals surface area contributed by atoms with Gasteiger partial charge < -0.3 is 0 Å². The molecule has 0 aliphatic carbocycles. The molecule has 0 radical (unpaired) electrons. The predicted molar refractivity (Wildman–Crippen MR) is 91.1 cm³/mol. The Balaban J connectivity index is 0.000000219. The lowest BCUT2D eigenvalue weighted by Gasteiger charge is -1.90. The molecule has 0 saturated heterocycles. The van der Waals surface area contributed by atoms with Crippen LogP contribution in [0.1, 0.15) is 17.1 Å². The highest BCUT2D eigenvalue weighted by molar-refractivity contribution is 7.14. The Hall–Kier alpha value is -1.19. The lowest BCUT2D eigenvalue weighted by molar-refractivity contribution is 0.108. The van der Waals surface area contributed by atoms with Crippen molar-refractivity contribution in [3.05, 3.63) is 48.3 Å². The number of hydrogen-bond donors (Lipinski definition) is 1. The molecular formula is C11H9Cl3N4O2S2. The number of carbonyl (C=O) groups is 1. The van der Waals surface area contributed by atoms with E-state index in [1.807, 2.05) is 0 Å². The zero-order valence-electron chi connectivity index (χ0n) is 9.92. The highest BCUT2D eigenvalue weighted by Crippen LogP contribution is 2.24. The summed E-state index contributed by atoms with van der Waals surface area (Å²) < 4.78 is 1.12. The van der Waals surface area contributed by atoms with Crippen molar-refractivity contribution in [2.24, 2.45) is 0 Å². The topological polar surface area (TPSA) is 80.6 Å². The van der Waals surface area contributed by atoms with Gasteiger partial charge >= 0.3 is 5.69 Å². The zero-order chi connectivity index (χ0) is 15.4. The van der Waals surface area contributed by atoms with Crippen molar-refractivity contribution in [3.63, 3.8) is 0 Å². The summed E-state index contributed by atoms with van der Waals surface area (Å²) in [6, 6.07) is 3.34. The van der Waals surface area contributed by atoms with Crippen molar-refractivity contribution in [3.8, 4) is 5.00 Å². The second-order valence-electron chi connectivity index (χ2n) is 3.36. The molecule has 0 aliphatic rings. The van der Waals surface area contributed by atoms with Crippen LogP contribution in [0, 0.1) is 0 Å². The van der Waals surface area contributed by atoms with E-state index in [0.717, 1.165) is 4.68 Å². The molecule has 3 aromatic heterocycles. The van der Waals surface area contributed by atoms with Gasteiger partial charge in [0.25, 0.3) is 5.24 Å². The van der Waals surface area contributed by atoms with Gasteiger partial charge in [-0.25, -0.2) is 9.89 Å². The summed E-state index contributed by atoms with van der Waals surface area (Å²) in [4.78, 5) is 21.8. The minimum Gasteiger partial charge on any atom is -0.275 e. The molecule has 11 heteroatoms. The zero-order valence-corrected chi connectivity index (χ0v) is 13.8. The Morgan fingerprint density at radius 2 is 1.82 bits per heavy atom. The summed E-state index contributed by atoms with van der Waals surface area (Å²) in [6.45, 7) is 0. The molecule has 0 aliphatic heterocycles. The SMILES string of the molecule is C.O=C(Cl)c1sccc1Cl.O=c1[nH]nnn1-c1sccc1Cl. The van der Waals surface area contributed by atoms with Gasteiger partial charge in [-0.2, -0.15) is 0 Å². The molecule has 0 aromatic carbocycles. The lowest BCUT2D eigenvalue weighted by Crippen LogP contribution is -2.14. The number of halogens is 3. The molecule has 0 atom stereocenters. The molecule has 6 nitrogen and oxygen atoms in total. The van der Waals surface area contributed by atoms with Crippen LogP contribution < -0.4 is 5.69 Å². The third-order valence-corrected chi connectivity index (χ3v) is 5.01. The fourth-order valence-corrected chi connectivity index (χ4v) is 3.54. The third-order valence-electron chi connectivity index (χ3n) is 2.06. The maximum atomic E-state index is 11.0. The normalized spacial score (nSPS) is 9.59. The Morgan fingerprint density at radius 3 is 2.18 bits per heavy atom. The van der Waals surface area contributed by atoms with Gasteiger partial charge in [-0.3, -0.25) is 4.79 Å². The van der Waals surface area contributed by atoms with Gasteiger partial charge in [0.15, 0.2) is 0 Å². The molecule has 0 spiro atoms. The van der Waals surface area contributed by atoms with Gasteiger partial charge in [0.2, 0.25) is 0 Å². The lowest BCUT2D eigenvalue weighted by atomic mass is 10.5. The van der Waals surface area contributed by atoms with Crippen molar-refractivity contribution in [2.45, 2.75) is 7.43 Å². The number of H-pyrrole nitrogens is 1. The minimum absolute atomic E-state index is 0. The fourth-order valence-electron chi connectivity index (χ4n) is 1.20. The highest BCUT2D eigenvalue weighted by atomic mass is 35.5. The maximum absolute atomic E-state index is 11.0. The van der Waals surface area contributed by atoms with Crippen molar-refractivity contribution >= 4 is 62.7 Å². The van der Waals surface area contributed by atoms with Gasteiger partial charge in [-0.1, -0.05) is 30.6 Å². The molecule has 0 unspecified atom stereocenters. The Morgan fingerprint density at radius 1 is 1.18 bits per heavy atom. The van der Waals surface area contributed by atoms with E-state index in [0.29, 0.717) is 19.9 Å². The van der Waals surface area contributed by atoms with Gasteiger partial charge in [0, 0.05) is 0 Å². The predicted octanol–water partition coefficient (Wildman–Crippen LogP) is 4.09. The monoisotopic (exact) mass is 398 g/mol. The van der Waals surface area contributed by atoms with Crippen molar-refractivity contribution in [1.82, 2.24) is 20.2 Å². The molecule has 0 amide bonds. The average molecular weight is 400 g/mol. The smallest absolute Gasteiger partial charge is 0.275 e. The van der Waals surface area contributed by atoms with E-state index in [1.54, 1.807) is 22.9 Å². The van der Waals surface area contributed by atoms with Gasteiger partial charge in [0.1, 0.15) is 9.88 Å². The standard InChI is InChI=1S/C5H2Cl2OS.C5H3ClN4OS.CH4/c6-3-1-2-9-4(3)5(7)8;6-3-1-2-12-4(3)10-5(11)7-8-9-10;/h1-2H;1-2H,(H,7,9,11);1H4. The van der Waals surface area contributed by atoms with E-state index < -0.39 is 5.24 Å². The summed E-state index contributed by atoms with van der Waals surface area (Å²) in [5.41, 5.74) is -0.389. The van der Waals surface area contributed by atoms with Crippen LogP contribution in [0.25, 0.3) is 5.00 Å². The number of rotatable bonds is 2. The van der Waals surface area contributed by atoms with Crippen LogP contribution in [0.3, 0.4) is 0 Å². The van der Waals surface area contributed by atoms with Crippen molar-refractivity contribution < 1.29 is 4.79 Å². The number of nitrogens with one attached hydrogen (secondary N) is 1. The van der Waals surface area contributed by atoms with E-state index >= 15 is 0 Å². The first kappa shape index (κ1) is 18.9. The van der Waals surface area contributed by atoms with Crippen LogP contribution in [0.15, 0.2) is 27.7 Å². The average Bonchev–Trinajstić information content (AvgIpc) is 3.12. The molecule has 3 aromatic rings. The molecule has 1 N–H and O–H groups in total. The first-order valence-corrected chi connectivity index (χ1v) is 8.06.